The summed E-state index contributed by atoms with van der Waals surface area (Å²) in [5, 5.41) is 0. The van der Waals surface area contributed by atoms with Gasteiger partial charge in [0.25, 0.3) is 0 Å². The van der Waals surface area contributed by atoms with Crippen molar-refractivity contribution < 1.29 is 4.74 Å². The normalized spacial score (nSPS) is 23.1. The van der Waals surface area contributed by atoms with Gasteiger partial charge in [-0.2, -0.15) is 0 Å². The molecule has 0 spiro atoms. The molecule has 0 bridgehead atoms. The predicted molar refractivity (Wildman–Crippen MR) is 67.2 cm³/mol. The summed E-state index contributed by atoms with van der Waals surface area (Å²) in [6, 6.07) is 18.6. The molecule has 16 heavy (non-hydrogen) atoms. The van der Waals surface area contributed by atoms with Crippen LogP contribution >= 0.6 is 15.9 Å². The Morgan fingerprint density at radius 2 is 1.50 bits per heavy atom. The van der Waals surface area contributed by atoms with Gasteiger partial charge in [0.15, 0.2) is 0 Å². The molecule has 1 aliphatic heterocycles. The molecule has 2 heteroatoms. The van der Waals surface area contributed by atoms with Crippen LogP contribution in [-0.4, -0.2) is 0 Å². The highest BCUT2D eigenvalue weighted by molar-refractivity contribution is 9.10. The first kappa shape index (κ1) is 10.1. The van der Waals surface area contributed by atoms with Crippen molar-refractivity contribution in [1.82, 2.24) is 0 Å². The molecule has 0 aromatic heterocycles. The van der Waals surface area contributed by atoms with Crippen LogP contribution in [-0.2, 0) is 4.74 Å². The molecular formula is C14H11BrO. The monoisotopic (exact) mass is 274 g/mol. The number of halogens is 1. The van der Waals surface area contributed by atoms with Gasteiger partial charge in [0, 0.05) is 4.47 Å². The Bertz CT molecular complexity index is 495. The fraction of sp³-hybridized carbons (Fsp3) is 0.143. The topological polar surface area (TPSA) is 12.5 Å². The molecule has 1 heterocycles. The number of hydrogen-bond acceptors (Lipinski definition) is 1. The Balaban J connectivity index is 1.85. The maximum Gasteiger partial charge on any atom is 0.115 e. The van der Waals surface area contributed by atoms with Crippen molar-refractivity contribution in [2.75, 3.05) is 0 Å². The van der Waals surface area contributed by atoms with E-state index in [0.29, 0.717) is 0 Å². The second kappa shape index (κ2) is 4.04. The minimum absolute atomic E-state index is 0.206. The first-order valence-electron chi connectivity index (χ1n) is 5.31. The van der Waals surface area contributed by atoms with Crippen LogP contribution in [0.25, 0.3) is 0 Å². The fourth-order valence-electron chi connectivity index (χ4n) is 1.95. The van der Waals surface area contributed by atoms with Crippen LogP contribution in [0.15, 0.2) is 59.1 Å². The molecule has 2 aromatic carbocycles. The largest absolute Gasteiger partial charge is 0.359 e. The van der Waals surface area contributed by atoms with Gasteiger partial charge in [-0.1, -0.05) is 64.5 Å². The molecule has 0 unspecified atom stereocenters. The molecule has 0 saturated carbocycles. The smallest absolute Gasteiger partial charge is 0.115 e. The van der Waals surface area contributed by atoms with Gasteiger partial charge in [-0.15, -0.1) is 0 Å². The van der Waals surface area contributed by atoms with Crippen LogP contribution < -0.4 is 0 Å². The highest BCUT2D eigenvalue weighted by Crippen LogP contribution is 2.52. The number of benzene rings is 2. The molecule has 2 aromatic rings. The third-order valence-electron chi connectivity index (χ3n) is 2.83. The number of ether oxygens (including phenoxy) is 1. The van der Waals surface area contributed by atoms with Crippen molar-refractivity contribution in [3.05, 3.63) is 70.2 Å². The quantitative estimate of drug-likeness (QED) is 0.746. The molecule has 1 fully saturated rings. The lowest BCUT2D eigenvalue weighted by molar-refractivity contribution is 0.377. The Hall–Kier alpha value is -1.12. The van der Waals surface area contributed by atoms with E-state index in [1.165, 1.54) is 11.1 Å². The summed E-state index contributed by atoms with van der Waals surface area (Å²) in [6.45, 7) is 0. The molecule has 0 N–H and O–H groups in total. The zero-order valence-electron chi connectivity index (χ0n) is 8.64. The summed E-state index contributed by atoms with van der Waals surface area (Å²) >= 11 is 3.56. The Kier molecular flexibility index (Phi) is 2.54. The Morgan fingerprint density at radius 3 is 2.25 bits per heavy atom. The summed E-state index contributed by atoms with van der Waals surface area (Å²) in [4.78, 5) is 0. The summed E-state index contributed by atoms with van der Waals surface area (Å²) in [6.07, 6.45) is 0.429. The SMILES string of the molecule is Brc1ccccc1[C@@H]1O[C@@H]1c1ccccc1. The van der Waals surface area contributed by atoms with Crippen LogP contribution in [0.3, 0.4) is 0 Å². The van der Waals surface area contributed by atoms with E-state index in [0.717, 1.165) is 4.47 Å². The van der Waals surface area contributed by atoms with E-state index in [-0.39, 0.29) is 12.2 Å². The highest BCUT2D eigenvalue weighted by atomic mass is 79.9. The predicted octanol–water partition coefficient (Wildman–Crippen LogP) is 4.26. The van der Waals surface area contributed by atoms with Crippen LogP contribution in [0, 0.1) is 0 Å². The summed E-state index contributed by atoms with van der Waals surface area (Å²) in [5.41, 5.74) is 2.49. The van der Waals surface area contributed by atoms with Crippen molar-refractivity contribution in [1.29, 1.82) is 0 Å². The lowest BCUT2D eigenvalue weighted by atomic mass is 10.0. The van der Waals surface area contributed by atoms with Gasteiger partial charge < -0.3 is 4.74 Å². The zero-order chi connectivity index (χ0) is 11.0. The first-order valence-corrected chi connectivity index (χ1v) is 6.10. The van der Waals surface area contributed by atoms with Gasteiger partial charge in [-0.25, -0.2) is 0 Å². The molecule has 80 valence electrons. The summed E-state index contributed by atoms with van der Waals surface area (Å²) < 4.78 is 6.86. The third kappa shape index (κ3) is 1.79. The number of hydrogen-bond donors (Lipinski definition) is 0. The van der Waals surface area contributed by atoms with E-state index < -0.39 is 0 Å². The number of epoxide rings is 1. The van der Waals surface area contributed by atoms with Gasteiger partial charge in [-0.3, -0.25) is 0 Å². The standard InChI is InChI=1S/C14H11BrO/c15-12-9-5-4-8-11(12)14-13(16-14)10-6-2-1-3-7-10/h1-9,13-14H/t13-,14+/m1/s1. The van der Waals surface area contributed by atoms with E-state index in [1.807, 2.05) is 30.3 Å². The average Bonchev–Trinajstić information content (AvgIpc) is 3.11. The van der Waals surface area contributed by atoms with Crippen LogP contribution in [0.5, 0.6) is 0 Å². The Morgan fingerprint density at radius 1 is 0.812 bits per heavy atom. The molecule has 0 aliphatic carbocycles. The summed E-state index contributed by atoms with van der Waals surface area (Å²) in [5.74, 6) is 0. The molecule has 3 rings (SSSR count). The van der Waals surface area contributed by atoms with Crippen LogP contribution in [0.2, 0.25) is 0 Å². The Labute approximate surface area is 103 Å². The fourth-order valence-corrected chi connectivity index (χ4v) is 2.46. The van der Waals surface area contributed by atoms with Crippen molar-refractivity contribution in [2.24, 2.45) is 0 Å². The first-order chi connectivity index (χ1) is 7.86. The van der Waals surface area contributed by atoms with E-state index >= 15 is 0 Å². The lowest BCUT2D eigenvalue weighted by Crippen LogP contribution is -1.85. The third-order valence-corrected chi connectivity index (χ3v) is 3.55. The summed E-state index contributed by atoms with van der Waals surface area (Å²) in [7, 11) is 0. The second-order valence-electron chi connectivity index (χ2n) is 3.91. The molecule has 0 radical (unpaired) electrons. The van der Waals surface area contributed by atoms with E-state index in [1.54, 1.807) is 0 Å². The van der Waals surface area contributed by atoms with Crippen molar-refractivity contribution in [3.63, 3.8) is 0 Å². The maximum absolute atomic E-state index is 5.74. The molecule has 1 aliphatic rings. The average molecular weight is 275 g/mol. The molecule has 1 nitrogen and oxygen atoms in total. The molecule has 1 saturated heterocycles. The van der Waals surface area contributed by atoms with Gasteiger partial charge in [-0.05, 0) is 17.2 Å². The van der Waals surface area contributed by atoms with E-state index in [9.17, 15) is 0 Å². The van der Waals surface area contributed by atoms with E-state index in [2.05, 4.69) is 40.2 Å². The van der Waals surface area contributed by atoms with Gasteiger partial charge in [0.05, 0.1) is 0 Å². The van der Waals surface area contributed by atoms with Crippen LogP contribution in [0.4, 0.5) is 0 Å². The molecular weight excluding hydrogens is 264 g/mol. The van der Waals surface area contributed by atoms with Gasteiger partial charge in [0.2, 0.25) is 0 Å². The minimum atomic E-state index is 0.206. The maximum atomic E-state index is 5.74. The highest BCUT2D eigenvalue weighted by Gasteiger charge is 2.42. The van der Waals surface area contributed by atoms with Gasteiger partial charge >= 0.3 is 0 Å². The van der Waals surface area contributed by atoms with Crippen molar-refractivity contribution in [3.8, 4) is 0 Å². The van der Waals surface area contributed by atoms with E-state index in [4.69, 9.17) is 4.74 Å². The van der Waals surface area contributed by atoms with Crippen molar-refractivity contribution in [2.45, 2.75) is 12.2 Å². The second-order valence-corrected chi connectivity index (χ2v) is 4.76. The lowest BCUT2D eigenvalue weighted by Gasteiger charge is -1.99. The molecule has 0 amide bonds. The number of rotatable bonds is 2. The minimum Gasteiger partial charge on any atom is -0.359 e. The molecule has 2 atom stereocenters. The zero-order valence-corrected chi connectivity index (χ0v) is 10.2. The van der Waals surface area contributed by atoms with Gasteiger partial charge in [0.1, 0.15) is 12.2 Å². The van der Waals surface area contributed by atoms with Crippen LogP contribution in [0.1, 0.15) is 23.3 Å². The van der Waals surface area contributed by atoms with Crippen molar-refractivity contribution >= 4 is 15.9 Å².